The zero-order chi connectivity index (χ0) is 14.8. The molecule has 0 unspecified atom stereocenters. The second kappa shape index (κ2) is 9.54. The van der Waals surface area contributed by atoms with Crippen LogP contribution in [0.1, 0.15) is 26.7 Å². The molecule has 3 N–H and O–H groups in total. The summed E-state index contributed by atoms with van der Waals surface area (Å²) in [7, 11) is 0. The number of hydrogen-bond acceptors (Lipinski definition) is 7. The first-order chi connectivity index (χ1) is 9.65. The Kier molecular flexibility index (Phi) is 7.97. The van der Waals surface area contributed by atoms with Gasteiger partial charge in [-0.05, 0) is 12.8 Å². The molecule has 9 heteroatoms. The van der Waals surface area contributed by atoms with Crippen LogP contribution in [0.5, 0.6) is 0 Å². The quantitative estimate of drug-likeness (QED) is 0.631. The molecule has 0 bridgehead atoms. The van der Waals surface area contributed by atoms with Crippen LogP contribution in [0.3, 0.4) is 0 Å². The summed E-state index contributed by atoms with van der Waals surface area (Å²) in [5, 5.41) is 16.6. The summed E-state index contributed by atoms with van der Waals surface area (Å²) >= 11 is 2.66. The van der Waals surface area contributed by atoms with E-state index in [1.807, 2.05) is 6.92 Å². The topological polar surface area (TPSA) is 96.0 Å². The fraction of sp³-hybridized carbons (Fsp3) is 0.636. The number of hydrogen-bond donors (Lipinski definition) is 3. The molecule has 112 valence electrons. The number of imide groups is 1. The van der Waals surface area contributed by atoms with E-state index in [0.29, 0.717) is 10.9 Å². The lowest BCUT2D eigenvalue weighted by Gasteiger charge is -2.04. The highest BCUT2D eigenvalue weighted by molar-refractivity contribution is 8.01. The fourth-order valence-corrected chi connectivity index (χ4v) is 2.72. The average Bonchev–Trinajstić information content (AvgIpc) is 2.88. The van der Waals surface area contributed by atoms with Gasteiger partial charge in [0.15, 0.2) is 4.34 Å². The molecule has 0 aliphatic heterocycles. The van der Waals surface area contributed by atoms with Gasteiger partial charge in [0.05, 0.1) is 5.75 Å². The van der Waals surface area contributed by atoms with Gasteiger partial charge in [0.2, 0.25) is 11.0 Å². The predicted octanol–water partition coefficient (Wildman–Crippen LogP) is 1.69. The van der Waals surface area contributed by atoms with Gasteiger partial charge in [0, 0.05) is 13.1 Å². The molecule has 20 heavy (non-hydrogen) atoms. The summed E-state index contributed by atoms with van der Waals surface area (Å²) < 4.78 is 0.702. The normalized spacial score (nSPS) is 10.1. The van der Waals surface area contributed by atoms with Crippen LogP contribution >= 0.6 is 23.1 Å². The first kappa shape index (κ1) is 16.7. The first-order valence-electron chi connectivity index (χ1n) is 6.43. The molecule has 0 radical (unpaired) electrons. The van der Waals surface area contributed by atoms with Crippen molar-refractivity contribution in [1.82, 2.24) is 20.8 Å². The summed E-state index contributed by atoms with van der Waals surface area (Å²) in [6.07, 6.45) is 1.84. The zero-order valence-electron chi connectivity index (χ0n) is 11.6. The molecule has 0 saturated heterocycles. The van der Waals surface area contributed by atoms with E-state index in [4.69, 9.17) is 0 Å². The SMILES string of the molecule is CCCNC(=O)NC(=O)CSc1nnc(NCCC)s1. The van der Waals surface area contributed by atoms with E-state index in [2.05, 4.69) is 33.1 Å². The molecule has 0 saturated carbocycles. The Bertz CT molecular complexity index is 438. The van der Waals surface area contributed by atoms with Crippen molar-refractivity contribution in [1.29, 1.82) is 0 Å². The van der Waals surface area contributed by atoms with Crippen molar-refractivity contribution in [2.75, 3.05) is 24.2 Å². The number of nitrogens with one attached hydrogen (secondary N) is 3. The summed E-state index contributed by atoms with van der Waals surface area (Å²) in [4.78, 5) is 22.8. The van der Waals surface area contributed by atoms with Gasteiger partial charge in [0.25, 0.3) is 0 Å². The largest absolute Gasteiger partial charge is 0.360 e. The Hall–Kier alpha value is -1.35. The van der Waals surface area contributed by atoms with Crippen molar-refractivity contribution in [3.8, 4) is 0 Å². The zero-order valence-corrected chi connectivity index (χ0v) is 13.2. The molecule has 0 spiro atoms. The average molecular weight is 317 g/mol. The van der Waals surface area contributed by atoms with Crippen molar-refractivity contribution in [2.24, 2.45) is 0 Å². The van der Waals surface area contributed by atoms with Crippen molar-refractivity contribution in [3.63, 3.8) is 0 Å². The molecule has 1 heterocycles. The van der Waals surface area contributed by atoms with Gasteiger partial charge >= 0.3 is 6.03 Å². The first-order valence-corrected chi connectivity index (χ1v) is 8.23. The van der Waals surface area contributed by atoms with E-state index in [0.717, 1.165) is 24.5 Å². The van der Waals surface area contributed by atoms with E-state index in [1.165, 1.54) is 23.1 Å². The van der Waals surface area contributed by atoms with Crippen molar-refractivity contribution in [3.05, 3.63) is 0 Å². The lowest BCUT2D eigenvalue weighted by molar-refractivity contribution is -0.117. The van der Waals surface area contributed by atoms with E-state index < -0.39 is 6.03 Å². The third kappa shape index (κ3) is 6.71. The van der Waals surface area contributed by atoms with Crippen LogP contribution in [-0.2, 0) is 4.79 Å². The molecule has 0 aromatic carbocycles. The van der Waals surface area contributed by atoms with Gasteiger partial charge in [-0.2, -0.15) is 0 Å². The van der Waals surface area contributed by atoms with E-state index in [1.54, 1.807) is 0 Å². The van der Waals surface area contributed by atoms with Crippen LogP contribution < -0.4 is 16.0 Å². The van der Waals surface area contributed by atoms with E-state index in [-0.39, 0.29) is 11.7 Å². The van der Waals surface area contributed by atoms with Crippen LogP contribution in [0.4, 0.5) is 9.93 Å². The number of amides is 3. The highest BCUT2D eigenvalue weighted by Gasteiger charge is 2.10. The second-order valence-electron chi connectivity index (χ2n) is 3.89. The Morgan fingerprint density at radius 2 is 1.95 bits per heavy atom. The number of carbonyl (C=O) groups excluding carboxylic acids is 2. The molecule has 1 rings (SSSR count). The van der Waals surface area contributed by atoms with E-state index >= 15 is 0 Å². The van der Waals surface area contributed by atoms with Crippen molar-refractivity contribution >= 4 is 40.2 Å². The van der Waals surface area contributed by atoms with Crippen LogP contribution in [-0.4, -0.2) is 41.0 Å². The Morgan fingerprint density at radius 1 is 1.20 bits per heavy atom. The number of rotatable bonds is 8. The lowest BCUT2D eigenvalue weighted by Crippen LogP contribution is -2.40. The van der Waals surface area contributed by atoms with E-state index in [9.17, 15) is 9.59 Å². The van der Waals surface area contributed by atoms with Gasteiger partial charge in [-0.1, -0.05) is 36.9 Å². The Labute approximate surface area is 126 Å². The highest BCUT2D eigenvalue weighted by Crippen LogP contribution is 2.25. The maximum atomic E-state index is 11.5. The number of carbonyl (C=O) groups is 2. The summed E-state index contributed by atoms with van der Waals surface area (Å²) in [5.41, 5.74) is 0. The monoisotopic (exact) mass is 317 g/mol. The third-order valence-electron chi connectivity index (χ3n) is 2.05. The maximum absolute atomic E-state index is 11.5. The van der Waals surface area contributed by atoms with Crippen LogP contribution in [0.2, 0.25) is 0 Å². The van der Waals surface area contributed by atoms with Crippen molar-refractivity contribution < 1.29 is 9.59 Å². The number of anilines is 1. The predicted molar refractivity (Wildman–Crippen MR) is 81.2 cm³/mol. The third-order valence-corrected chi connectivity index (χ3v) is 4.06. The minimum atomic E-state index is -0.458. The molecular weight excluding hydrogens is 298 g/mol. The Morgan fingerprint density at radius 3 is 2.65 bits per heavy atom. The number of thioether (sulfide) groups is 1. The van der Waals surface area contributed by atoms with Gasteiger partial charge in [0.1, 0.15) is 0 Å². The molecule has 7 nitrogen and oxygen atoms in total. The van der Waals surface area contributed by atoms with Crippen molar-refractivity contribution in [2.45, 2.75) is 31.0 Å². The molecular formula is C11H19N5O2S2. The smallest absolute Gasteiger partial charge is 0.321 e. The van der Waals surface area contributed by atoms with Crippen LogP contribution in [0, 0.1) is 0 Å². The molecule has 1 aromatic rings. The van der Waals surface area contributed by atoms with Crippen LogP contribution in [0.15, 0.2) is 4.34 Å². The number of urea groups is 1. The minimum Gasteiger partial charge on any atom is -0.360 e. The second-order valence-corrected chi connectivity index (χ2v) is 6.09. The molecule has 3 amide bonds. The molecule has 0 fully saturated rings. The molecule has 0 aliphatic carbocycles. The van der Waals surface area contributed by atoms with Gasteiger partial charge in [-0.25, -0.2) is 4.79 Å². The molecule has 0 atom stereocenters. The summed E-state index contributed by atoms with van der Waals surface area (Å²) in [5.74, 6) is -0.205. The highest BCUT2D eigenvalue weighted by atomic mass is 32.2. The Balaban J connectivity index is 2.26. The fourth-order valence-electron chi connectivity index (χ4n) is 1.14. The van der Waals surface area contributed by atoms with Crippen LogP contribution in [0.25, 0.3) is 0 Å². The maximum Gasteiger partial charge on any atom is 0.321 e. The molecule has 0 aliphatic rings. The molecule has 1 aromatic heterocycles. The summed E-state index contributed by atoms with van der Waals surface area (Å²) in [6.45, 7) is 5.40. The van der Waals surface area contributed by atoms with Gasteiger partial charge in [-0.15, -0.1) is 10.2 Å². The van der Waals surface area contributed by atoms with Gasteiger partial charge in [-0.3, -0.25) is 10.1 Å². The van der Waals surface area contributed by atoms with Gasteiger partial charge < -0.3 is 10.6 Å². The lowest BCUT2D eigenvalue weighted by atomic mass is 10.5. The standard InChI is InChI=1S/C11H19N5O2S2/c1-3-5-12-9(18)14-8(17)7-19-11-16-15-10(20-11)13-6-4-2/h3-7H2,1-2H3,(H,13,15)(H2,12,14,17,18). The number of aromatic nitrogens is 2. The number of nitrogens with zero attached hydrogens (tertiary/aromatic N) is 2. The summed E-state index contributed by atoms with van der Waals surface area (Å²) in [6, 6.07) is -0.458. The minimum absolute atomic E-state index is 0.141.